The first-order valence-corrected chi connectivity index (χ1v) is 14.1. The van der Waals surface area contributed by atoms with Gasteiger partial charge in [-0.25, -0.2) is 22.7 Å². The Labute approximate surface area is 226 Å². The Bertz CT molecular complexity index is 1460. The zero-order valence-electron chi connectivity index (χ0n) is 21.7. The predicted molar refractivity (Wildman–Crippen MR) is 144 cm³/mol. The minimum atomic E-state index is -3.79. The van der Waals surface area contributed by atoms with Gasteiger partial charge < -0.3 is 20.1 Å². The number of nitrogens with zero attached hydrogens (tertiary/aromatic N) is 4. The van der Waals surface area contributed by atoms with Crippen LogP contribution in [0.3, 0.4) is 0 Å². The van der Waals surface area contributed by atoms with Crippen LogP contribution in [0.4, 0.5) is 16.3 Å². The Kier molecular flexibility index (Phi) is 8.66. The summed E-state index contributed by atoms with van der Waals surface area (Å²) in [6.45, 7) is 4.70. The van der Waals surface area contributed by atoms with Crippen LogP contribution in [0, 0.1) is 5.92 Å². The summed E-state index contributed by atoms with van der Waals surface area (Å²) in [6, 6.07) is 8.77. The lowest BCUT2D eigenvalue weighted by Gasteiger charge is -2.37. The highest BCUT2D eigenvalue weighted by molar-refractivity contribution is 7.89. The number of fused-ring (bicyclic) bond motifs is 1. The van der Waals surface area contributed by atoms with E-state index in [1.807, 2.05) is 46.2 Å². The smallest absolute Gasteiger partial charge is 0.407 e. The second-order valence-electron chi connectivity index (χ2n) is 9.11. The van der Waals surface area contributed by atoms with E-state index in [1.165, 1.54) is 12.4 Å². The SMILES string of the molecule is C=CCOC(=O)N[C@@H]1CCN(Cc2ccn3ncnc(Nc4cccc(OC)c4)c23)C[C@H]1C(=O)NS(C)(=O)=O. The van der Waals surface area contributed by atoms with E-state index in [1.54, 1.807) is 11.6 Å². The number of hydrogen-bond acceptors (Lipinski definition) is 10. The lowest BCUT2D eigenvalue weighted by Crippen LogP contribution is -2.56. The van der Waals surface area contributed by atoms with Gasteiger partial charge in [-0.2, -0.15) is 5.10 Å². The molecule has 3 aromatic rings. The number of ether oxygens (including phenoxy) is 2. The second kappa shape index (κ2) is 12.1. The molecule has 0 radical (unpaired) electrons. The molecule has 0 spiro atoms. The van der Waals surface area contributed by atoms with Crippen molar-refractivity contribution in [1.82, 2.24) is 29.5 Å². The number of piperidine rings is 1. The molecule has 1 aromatic carbocycles. The van der Waals surface area contributed by atoms with E-state index in [4.69, 9.17) is 9.47 Å². The number of carbonyl (C=O) groups is 2. The minimum absolute atomic E-state index is 0.0147. The molecule has 1 aliphatic rings. The lowest BCUT2D eigenvalue weighted by molar-refractivity contribution is -0.125. The third-order valence-electron chi connectivity index (χ3n) is 6.22. The molecular weight excluding hydrogens is 526 g/mol. The number of nitrogens with one attached hydrogen (secondary N) is 3. The minimum Gasteiger partial charge on any atom is -0.497 e. The molecule has 14 heteroatoms. The molecule has 1 aliphatic heterocycles. The molecule has 2 atom stereocenters. The molecule has 208 valence electrons. The second-order valence-corrected chi connectivity index (χ2v) is 10.9. The molecule has 3 heterocycles. The van der Waals surface area contributed by atoms with Crippen molar-refractivity contribution in [3.63, 3.8) is 0 Å². The molecule has 2 amide bonds. The van der Waals surface area contributed by atoms with E-state index in [9.17, 15) is 18.0 Å². The Morgan fingerprint density at radius 3 is 2.85 bits per heavy atom. The number of aromatic nitrogens is 3. The molecule has 39 heavy (non-hydrogen) atoms. The first-order chi connectivity index (χ1) is 18.7. The number of anilines is 2. The van der Waals surface area contributed by atoms with Gasteiger partial charge in [0.15, 0.2) is 5.82 Å². The number of amides is 2. The Morgan fingerprint density at radius 2 is 2.10 bits per heavy atom. The van der Waals surface area contributed by atoms with Crippen LogP contribution in [-0.2, 0) is 26.1 Å². The van der Waals surface area contributed by atoms with Crippen molar-refractivity contribution in [2.75, 3.05) is 38.4 Å². The van der Waals surface area contributed by atoms with Gasteiger partial charge in [0.25, 0.3) is 0 Å². The van der Waals surface area contributed by atoms with Gasteiger partial charge in [0.05, 0.1) is 19.3 Å². The highest BCUT2D eigenvalue weighted by atomic mass is 32.2. The summed E-state index contributed by atoms with van der Waals surface area (Å²) in [5, 5.41) is 10.3. The summed E-state index contributed by atoms with van der Waals surface area (Å²) >= 11 is 0. The summed E-state index contributed by atoms with van der Waals surface area (Å²) in [7, 11) is -2.19. The third kappa shape index (κ3) is 7.23. The zero-order valence-corrected chi connectivity index (χ0v) is 22.5. The highest BCUT2D eigenvalue weighted by Gasteiger charge is 2.37. The average molecular weight is 558 g/mol. The molecule has 13 nitrogen and oxygen atoms in total. The summed E-state index contributed by atoms with van der Waals surface area (Å²) in [6.07, 6.45) is 5.32. The Morgan fingerprint density at radius 1 is 1.28 bits per heavy atom. The molecule has 2 aromatic heterocycles. The highest BCUT2D eigenvalue weighted by Crippen LogP contribution is 2.27. The van der Waals surface area contributed by atoms with Crippen molar-refractivity contribution in [2.24, 2.45) is 5.92 Å². The number of methoxy groups -OCH3 is 1. The molecule has 3 N–H and O–H groups in total. The van der Waals surface area contributed by atoms with Crippen LogP contribution in [0.1, 0.15) is 12.0 Å². The fourth-order valence-electron chi connectivity index (χ4n) is 4.50. The van der Waals surface area contributed by atoms with Crippen LogP contribution < -0.4 is 20.1 Å². The van der Waals surface area contributed by atoms with E-state index < -0.39 is 34.0 Å². The van der Waals surface area contributed by atoms with Crippen molar-refractivity contribution in [3.05, 3.63) is 61.1 Å². The summed E-state index contributed by atoms with van der Waals surface area (Å²) in [4.78, 5) is 31.5. The van der Waals surface area contributed by atoms with Crippen LogP contribution in [0.25, 0.3) is 5.52 Å². The van der Waals surface area contributed by atoms with E-state index in [0.717, 1.165) is 23.0 Å². The molecular formula is C25H31N7O6S. The van der Waals surface area contributed by atoms with Gasteiger partial charge in [0, 0.05) is 43.6 Å². The fraction of sp³-hybridized carbons (Fsp3) is 0.360. The normalized spacial score (nSPS) is 17.8. The first-order valence-electron chi connectivity index (χ1n) is 12.2. The van der Waals surface area contributed by atoms with Gasteiger partial charge in [-0.1, -0.05) is 18.7 Å². The monoisotopic (exact) mass is 557 g/mol. The average Bonchev–Trinajstić information content (AvgIpc) is 3.31. The standard InChI is InChI=1S/C25H31N7O6S/c1-4-12-38-25(34)29-21-9-10-31(15-20(21)24(33)30-39(3,35)36)14-17-8-11-32-22(17)23(26-16-27-32)28-18-6-5-7-19(13-18)37-2/h4-8,11,13,16,20-21H,1,9-10,12,14-15H2,2-3H3,(H,29,34)(H,30,33)(H,26,27,28)/t20-,21-/m1/s1. The number of hydrogen-bond donors (Lipinski definition) is 3. The predicted octanol–water partition coefficient (Wildman–Crippen LogP) is 1.66. The van der Waals surface area contributed by atoms with Crippen LogP contribution in [-0.4, -0.2) is 79.0 Å². The number of rotatable bonds is 10. The Hall–Kier alpha value is -4.17. The molecule has 1 saturated heterocycles. The molecule has 0 saturated carbocycles. The number of alkyl carbamates (subject to hydrolysis) is 1. The summed E-state index contributed by atoms with van der Waals surface area (Å²) in [5.74, 6) is -0.235. The maximum absolute atomic E-state index is 12.9. The van der Waals surface area contributed by atoms with Crippen LogP contribution in [0.5, 0.6) is 5.75 Å². The maximum atomic E-state index is 12.9. The summed E-state index contributed by atoms with van der Waals surface area (Å²) in [5.41, 5.74) is 2.45. The van der Waals surface area contributed by atoms with Crippen LogP contribution >= 0.6 is 0 Å². The van der Waals surface area contributed by atoms with Crippen molar-refractivity contribution >= 4 is 39.0 Å². The van der Waals surface area contributed by atoms with Gasteiger partial charge in [0.2, 0.25) is 15.9 Å². The van der Waals surface area contributed by atoms with Gasteiger partial charge in [-0.3, -0.25) is 14.4 Å². The zero-order chi connectivity index (χ0) is 28.0. The number of sulfonamides is 1. The first kappa shape index (κ1) is 27.9. The largest absolute Gasteiger partial charge is 0.497 e. The Balaban J connectivity index is 1.55. The fourth-order valence-corrected chi connectivity index (χ4v) is 5.02. The number of likely N-dealkylation sites (tertiary alicyclic amines) is 1. The third-order valence-corrected chi connectivity index (χ3v) is 6.79. The van der Waals surface area contributed by atoms with Crippen molar-refractivity contribution < 1.29 is 27.5 Å². The van der Waals surface area contributed by atoms with Gasteiger partial charge in [-0.05, 0) is 30.2 Å². The van der Waals surface area contributed by atoms with E-state index in [2.05, 4.69) is 27.3 Å². The van der Waals surface area contributed by atoms with Crippen molar-refractivity contribution in [3.8, 4) is 5.75 Å². The van der Waals surface area contributed by atoms with E-state index >= 15 is 0 Å². The van der Waals surface area contributed by atoms with Gasteiger partial charge in [-0.15, -0.1) is 0 Å². The molecule has 0 aliphatic carbocycles. The maximum Gasteiger partial charge on any atom is 0.407 e. The van der Waals surface area contributed by atoms with Crippen LogP contribution in [0.15, 0.2) is 55.5 Å². The van der Waals surface area contributed by atoms with Gasteiger partial charge in [0.1, 0.15) is 24.2 Å². The van der Waals surface area contributed by atoms with Crippen molar-refractivity contribution in [1.29, 1.82) is 0 Å². The van der Waals surface area contributed by atoms with E-state index in [0.29, 0.717) is 31.1 Å². The molecule has 1 fully saturated rings. The number of carbonyl (C=O) groups excluding carboxylic acids is 2. The topological polar surface area (TPSA) is 156 Å². The summed E-state index contributed by atoms with van der Waals surface area (Å²) < 4.78 is 37.6. The number of benzene rings is 1. The van der Waals surface area contributed by atoms with Crippen molar-refractivity contribution in [2.45, 2.75) is 19.0 Å². The van der Waals surface area contributed by atoms with Crippen LogP contribution in [0.2, 0.25) is 0 Å². The quantitative estimate of drug-likeness (QED) is 0.313. The lowest BCUT2D eigenvalue weighted by atomic mass is 9.91. The van der Waals surface area contributed by atoms with E-state index in [-0.39, 0.29) is 13.2 Å². The van der Waals surface area contributed by atoms with Gasteiger partial charge >= 0.3 is 6.09 Å². The molecule has 0 bridgehead atoms. The molecule has 4 rings (SSSR count). The molecule has 0 unspecified atom stereocenters.